The number of imidazole rings is 2. The van der Waals surface area contributed by atoms with Crippen molar-refractivity contribution in [2.75, 3.05) is 0 Å². The number of rotatable bonds is 3. The Hall–Kier alpha value is -2.62. The minimum absolute atomic E-state index is 0.903. The number of aryl methyl sites for hydroxylation is 2. The molecular weight excluding hydrogens is 272 g/mol. The highest BCUT2D eigenvalue weighted by Crippen LogP contribution is 2.28. The van der Waals surface area contributed by atoms with Crippen molar-refractivity contribution in [3.05, 3.63) is 47.8 Å². The Morgan fingerprint density at radius 1 is 0.955 bits per heavy atom. The van der Waals surface area contributed by atoms with Crippen molar-refractivity contribution in [2.24, 2.45) is 0 Å². The van der Waals surface area contributed by atoms with Crippen molar-refractivity contribution in [1.82, 2.24) is 19.9 Å². The summed E-state index contributed by atoms with van der Waals surface area (Å²) in [7, 11) is 0. The van der Waals surface area contributed by atoms with Crippen molar-refractivity contribution >= 4 is 22.1 Å². The summed E-state index contributed by atoms with van der Waals surface area (Å²) in [4.78, 5) is 16.2. The van der Waals surface area contributed by atoms with Crippen LogP contribution in [0.5, 0.6) is 0 Å². The van der Waals surface area contributed by atoms with Gasteiger partial charge in [-0.15, -0.1) is 0 Å². The van der Waals surface area contributed by atoms with Gasteiger partial charge in [-0.1, -0.05) is 19.1 Å². The lowest BCUT2D eigenvalue weighted by molar-refractivity contribution is 0.861. The third-order valence-electron chi connectivity index (χ3n) is 4.09. The number of nitrogens with one attached hydrogen (secondary N) is 2. The maximum atomic E-state index is 4.74. The Morgan fingerprint density at radius 2 is 1.82 bits per heavy atom. The van der Waals surface area contributed by atoms with Gasteiger partial charge in [0.1, 0.15) is 11.6 Å². The first-order valence-electron chi connectivity index (χ1n) is 7.69. The number of hydrogen-bond donors (Lipinski definition) is 2. The van der Waals surface area contributed by atoms with Crippen molar-refractivity contribution in [1.29, 1.82) is 0 Å². The summed E-state index contributed by atoms with van der Waals surface area (Å²) < 4.78 is 0. The summed E-state index contributed by atoms with van der Waals surface area (Å²) in [6.07, 6.45) is 2.07. The van der Waals surface area contributed by atoms with Crippen molar-refractivity contribution in [2.45, 2.75) is 26.7 Å². The van der Waals surface area contributed by atoms with E-state index in [1.807, 2.05) is 24.3 Å². The molecule has 0 aliphatic heterocycles. The van der Waals surface area contributed by atoms with Gasteiger partial charge in [0.05, 0.1) is 22.1 Å². The number of nitrogens with zero attached hydrogens (tertiary/aromatic N) is 2. The molecule has 0 fully saturated rings. The van der Waals surface area contributed by atoms with Crippen molar-refractivity contribution < 1.29 is 0 Å². The van der Waals surface area contributed by atoms with Crippen LogP contribution >= 0.6 is 0 Å². The Balaban J connectivity index is 1.88. The number of H-pyrrole nitrogens is 2. The Labute approximate surface area is 128 Å². The molecule has 2 N–H and O–H groups in total. The molecule has 0 saturated carbocycles. The maximum Gasteiger partial charge on any atom is 0.138 e. The third kappa shape index (κ3) is 1.99. The summed E-state index contributed by atoms with van der Waals surface area (Å²) in [6, 6.07) is 12.3. The highest BCUT2D eigenvalue weighted by Gasteiger charge is 2.12. The van der Waals surface area contributed by atoms with E-state index in [0.29, 0.717) is 0 Å². The molecule has 0 spiro atoms. The first kappa shape index (κ1) is 13.1. The summed E-state index contributed by atoms with van der Waals surface area (Å²) >= 11 is 0. The topological polar surface area (TPSA) is 57.4 Å². The SMILES string of the molecule is CCCc1nc2c(C)c(-c3nc4ccccc4[nH]3)ccc2[nH]1. The fourth-order valence-corrected chi connectivity index (χ4v) is 2.96. The molecule has 0 radical (unpaired) electrons. The molecule has 2 aromatic carbocycles. The second-order valence-corrected chi connectivity index (χ2v) is 5.67. The van der Waals surface area contributed by atoms with Crippen LogP contribution in [0, 0.1) is 6.92 Å². The van der Waals surface area contributed by atoms with Gasteiger partial charge < -0.3 is 9.97 Å². The Morgan fingerprint density at radius 3 is 2.64 bits per heavy atom. The average molecular weight is 290 g/mol. The van der Waals surface area contributed by atoms with Crippen LogP contribution < -0.4 is 0 Å². The van der Waals surface area contributed by atoms with Crippen LogP contribution in [-0.4, -0.2) is 19.9 Å². The van der Waals surface area contributed by atoms with Crippen LogP contribution in [0.3, 0.4) is 0 Å². The van der Waals surface area contributed by atoms with E-state index in [1.54, 1.807) is 0 Å². The molecule has 0 bridgehead atoms. The molecule has 0 aliphatic carbocycles. The van der Waals surface area contributed by atoms with E-state index in [1.165, 1.54) is 0 Å². The van der Waals surface area contributed by atoms with E-state index in [4.69, 9.17) is 9.97 Å². The van der Waals surface area contributed by atoms with Crippen LogP contribution in [0.25, 0.3) is 33.5 Å². The highest BCUT2D eigenvalue weighted by molar-refractivity contribution is 5.87. The average Bonchev–Trinajstić information content (AvgIpc) is 3.11. The zero-order chi connectivity index (χ0) is 15.1. The fraction of sp³-hybridized carbons (Fsp3) is 0.222. The van der Waals surface area contributed by atoms with Crippen LogP contribution in [0.2, 0.25) is 0 Å². The maximum absolute atomic E-state index is 4.74. The second-order valence-electron chi connectivity index (χ2n) is 5.67. The van der Waals surface area contributed by atoms with Gasteiger partial charge in [-0.3, -0.25) is 0 Å². The monoisotopic (exact) mass is 290 g/mol. The summed E-state index contributed by atoms with van der Waals surface area (Å²) in [5, 5.41) is 0. The predicted molar refractivity (Wildman–Crippen MR) is 89.9 cm³/mol. The van der Waals surface area contributed by atoms with Crippen LogP contribution in [-0.2, 0) is 6.42 Å². The van der Waals surface area contributed by atoms with E-state index in [2.05, 4.69) is 35.9 Å². The van der Waals surface area contributed by atoms with Crippen LogP contribution in [0.4, 0.5) is 0 Å². The lowest BCUT2D eigenvalue weighted by Crippen LogP contribution is -1.87. The van der Waals surface area contributed by atoms with E-state index in [-0.39, 0.29) is 0 Å². The van der Waals surface area contributed by atoms with Crippen molar-refractivity contribution in [3.8, 4) is 11.4 Å². The smallest absolute Gasteiger partial charge is 0.138 e. The van der Waals surface area contributed by atoms with E-state index < -0.39 is 0 Å². The largest absolute Gasteiger partial charge is 0.342 e. The molecule has 4 aromatic rings. The van der Waals surface area contributed by atoms with Gasteiger partial charge in [-0.2, -0.15) is 0 Å². The number of fused-ring (bicyclic) bond motifs is 2. The minimum atomic E-state index is 0.903. The second kappa shape index (κ2) is 4.98. The zero-order valence-electron chi connectivity index (χ0n) is 12.8. The van der Waals surface area contributed by atoms with E-state index in [9.17, 15) is 0 Å². The van der Waals surface area contributed by atoms with Gasteiger partial charge in [0.15, 0.2) is 0 Å². The van der Waals surface area contributed by atoms with Gasteiger partial charge in [-0.05, 0) is 43.2 Å². The van der Waals surface area contributed by atoms with Gasteiger partial charge in [0.25, 0.3) is 0 Å². The molecule has 4 nitrogen and oxygen atoms in total. The number of hydrogen-bond acceptors (Lipinski definition) is 2. The summed E-state index contributed by atoms with van der Waals surface area (Å²) in [6.45, 7) is 4.28. The molecule has 2 heterocycles. The lowest BCUT2D eigenvalue weighted by atomic mass is 10.1. The van der Waals surface area contributed by atoms with E-state index in [0.717, 1.165) is 57.7 Å². The minimum Gasteiger partial charge on any atom is -0.342 e. The molecule has 0 unspecified atom stereocenters. The van der Waals surface area contributed by atoms with E-state index >= 15 is 0 Å². The summed E-state index contributed by atoms with van der Waals surface area (Å²) in [5.41, 5.74) is 6.46. The number of benzene rings is 2. The third-order valence-corrected chi connectivity index (χ3v) is 4.09. The molecule has 4 rings (SSSR count). The lowest BCUT2D eigenvalue weighted by Gasteiger charge is -2.02. The molecule has 2 aromatic heterocycles. The quantitative estimate of drug-likeness (QED) is 0.588. The molecule has 4 heteroatoms. The normalized spacial score (nSPS) is 11.5. The van der Waals surface area contributed by atoms with Gasteiger partial charge in [0, 0.05) is 12.0 Å². The Kier molecular flexibility index (Phi) is 2.96. The first-order valence-corrected chi connectivity index (χ1v) is 7.69. The molecular formula is C18H18N4. The Bertz CT molecular complexity index is 929. The predicted octanol–water partition coefficient (Wildman–Crippen LogP) is 4.37. The molecule has 22 heavy (non-hydrogen) atoms. The first-order chi connectivity index (χ1) is 10.8. The van der Waals surface area contributed by atoms with Crippen LogP contribution in [0.15, 0.2) is 36.4 Å². The number of para-hydroxylation sites is 2. The van der Waals surface area contributed by atoms with Crippen molar-refractivity contribution in [3.63, 3.8) is 0 Å². The molecule has 0 atom stereocenters. The fourth-order valence-electron chi connectivity index (χ4n) is 2.96. The van der Waals surface area contributed by atoms with Gasteiger partial charge >= 0.3 is 0 Å². The highest BCUT2D eigenvalue weighted by atomic mass is 14.9. The molecule has 0 saturated heterocycles. The number of aromatic nitrogens is 4. The molecule has 0 amide bonds. The summed E-state index contributed by atoms with van der Waals surface area (Å²) in [5.74, 6) is 1.96. The number of aromatic amines is 2. The molecule has 0 aliphatic rings. The standard InChI is InChI=1S/C18H18N4/c1-3-6-16-19-15-10-9-12(11(2)17(15)22-16)18-20-13-7-4-5-8-14(13)21-18/h4-5,7-10H,3,6H2,1-2H3,(H,19,22)(H,20,21). The van der Waals surface area contributed by atoms with Gasteiger partial charge in [0.2, 0.25) is 0 Å². The van der Waals surface area contributed by atoms with Gasteiger partial charge in [-0.25, -0.2) is 9.97 Å². The zero-order valence-corrected chi connectivity index (χ0v) is 12.8. The van der Waals surface area contributed by atoms with Crippen LogP contribution in [0.1, 0.15) is 24.7 Å². The molecule has 110 valence electrons.